The molecule has 1 aromatic heterocycles. The Morgan fingerprint density at radius 1 is 1.21 bits per heavy atom. The minimum absolute atomic E-state index is 0.0816. The first-order chi connectivity index (χ1) is 16.0. The van der Waals surface area contributed by atoms with Gasteiger partial charge in [0.15, 0.2) is 11.5 Å². The Bertz CT molecular complexity index is 1100. The number of thiophene rings is 1. The minimum Gasteiger partial charge on any atom is -0.493 e. The average Bonchev–Trinajstić information content (AvgIpc) is 3.20. The topological polar surface area (TPSA) is 97.7 Å². The Morgan fingerprint density at radius 3 is 2.70 bits per heavy atom. The van der Waals surface area contributed by atoms with E-state index >= 15 is 0 Å². The van der Waals surface area contributed by atoms with Crippen LogP contribution < -0.4 is 14.8 Å². The van der Waals surface area contributed by atoms with Gasteiger partial charge in [0.2, 0.25) is 0 Å². The van der Waals surface area contributed by atoms with Gasteiger partial charge in [-0.15, -0.1) is 11.3 Å². The molecular weight excluding hydrogens is 440 g/mol. The molecule has 2 aromatic rings. The lowest BCUT2D eigenvalue weighted by molar-refractivity contribution is -0.112. The summed E-state index contributed by atoms with van der Waals surface area (Å²) in [6.07, 6.45) is 7.08. The van der Waals surface area contributed by atoms with Gasteiger partial charge in [-0.3, -0.25) is 4.79 Å². The molecule has 0 saturated carbocycles. The summed E-state index contributed by atoms with van der Waals surface area (Å²) in [5, 5.41) is 12.8. The van der Waals surface area contributed by atoms with Crippen LogP contribution in [0, 0.1) is 11.3 Å². The fraction of sp³-hybridized carbons (Fsp3) is 0.400. The van der Waals surface area contributed by atoms with Crippen LogP contribution in [0.2, 0.25) is 0 Å². The fourth-order valence-corrected chi connectivity index (χ4v) is 4.95. The van der Waals surface area contributed by atoms with Crippen molar-refractivity contribution in [3.05, 3.63) is 45.3 Å². The zero-order chi connectivity index (χ0) is 23.8. The van der Waals surface area contributed by atoms with E-state index in [1.54, 1.807) is 25.3 Å². The molecule has 1 amide bonds. The number of nitriles is 1. The van der Waals surface area contributed by atoms with Crippen molar-refractivity contribution in [1.29, 1.82) is 5.26 Å². The number of aryl methyl sites for hydroxylation is 1. The van der Waals surface area contributed by atoms with Crippen LogP contribution in [0.3, 0.4) is 0 Å². The van der Waals surface area contributed by atoms with Gasteiger partial charge in [0.05, 0.1) is 26.4 Å². The molecule has 1 aliphatic carbocycles. The minimum atomic E-state index is -0.578. The first-order valence-corrected chi connectivity index (χ1v) is 11.8. The second-order valence-corrected chi connectivity index (χ2v) is 8.75. The van der Waals surface area contributed by atoms with Gasteiger partial charge < -0.3 is 19.5 Å². The molecule has 0 aliphatic heterocycles. The molecular formula is C25H28N2O5S. The summed E-state index contributed by atoms with van der Waals surface area (Å²) in [6, 6.07) is 7.19. The predicted octanol–water partition coefficient (Wildman–Crippen LogP) is 5.15. The maximum atomic E-state index is 12.9. The molecule has 0 atom stereocenters. The van der Waals surface area contributed by atoms with Crippen LogP contribution in [0.25, 0.3) is 6.08 Å². The lowest BCUT2D eigenvalue weighted by Crippen LogP contribution is -2.16. The van der Waals surface area contributed by atoms with Crippen LogP contribution in [0.15, 0.2) is 23.8 Å². The molecule has 1 aromatic carbocycles. The Hall–Kier alpha value is -3.31. The Balaban J connectivity index is 1.87. The molecule has 0 saturated heterocycles. The van der Waals surface area contributed by atoms with Crippen molar-refractivity contribution in [2.24, 2.45) is 0 Å². The van der Waals surface area contributed by atoms with Crippen molar-refractivity contribution in [3.8, 4) is 17.6 Å². The number of esters is 1. The van der Waals surface area contributed by atoms with Crippen LogP contribution in [-0.4, -0.2) is 32.7 Å². The normalized spacial score (nSPS) is 13.0. The Labute approximate surface area is 198 Å². The molecule has 0 unspecified atom stereocenters. The number of benzene rings is 1. The smallest absolute Gasteiger partial charge is 0.341 e. The lowest BCUT2D eigenvalue weighted by Gasteiger charge is -2.12. The van der Waals surface area contributed by atoms with E-state index < -0.39 is 11.9 Å². The zero-order valence-corrected chi connectivity index (χ0v) is 20.0. The molecule has 33 heavy (non-hydrogen) atoms. The highest BCUT2D eigenvalue weighted by Crippen LogP contribution is 2.38. The van der Waals surface area contributed by atoms with Crippen molar-refractivity contribution in [2.75, 3.05) is 26.1 Å². The monoisotopic (exact) mass is 468 g/mol. The molecule has 1 N–H and O–H groups in total. The van der Waals surface area contributed by atoms with Gasteiger partial charge in [0, 0.05) is 4.88 Å². The standard InChI is InChI=1S/C25H28N2O5S/c1-4-5-12-32-20-14-16(10-11-19(20)30-2)13-17(15-26)23(28)27-24-22(25(29)31-3)18-8-6-7-9-21(18)33-24/h10-11,13-14H,4-9,12H2,1-3H3,(H,27,28)/b17-13+. The maximum absolute atomic E-state index is 12.9. The van der Waals surface area contributed by atoms with Crippen molar-refractivity contribution in [1.82, 2.24) is 0 Å². The number of fused-ring (bicyclic) bond motifs is 1. The first kappa shape index (κ1) is 24.3. The van der Waals surface area contributed by atoms with Crippen molar-refractivity contribution in [2.45, 2.75) is 45.4 Å². The van der Waals surface area contributed by atoms with Crippen LogP contribution in [-0.2, 0) is 22.4 Å². The molecule has 1 aliphatic rings. The molecule has 7 nitrogen and oxygen atoms in total. The van der Waals surface area contributed by atoms with Crippen molar-refractivity contribution >= 4 is 34.3 Å². The Kier molecular flexibility index (Phi) is 8.50. The largest absolute Gasteiger partial charge is 0.493 e. The number of nitrogens with zero attached hydrogens (tertiary/aromatic N) is 1. The third-order valence-corrected chi connectivity index (χ3v) is 6.61. The summed E-state index contributed by atoms with van der Waals surface area (Å²) < 4.78 is 16.1. The average molecular weight is 469 g/mol. The number of carbonyl (C=O) groups excluding carboxylic acids is 2. The first-order valence-electron chi connectivity index (χ1n) is 11.0. The summed E-state index contributed by atoms with van der Waals surface area (Å²) in [4.78, 5) is 26.4. The molecule has 1 heterocycles. The second kappa shape index (κ2) is 11.5. The summed E-state index contributed by atoms with van der Waals surface area (Å²) in [5.74, 6) is 0.0798. The van der Waals surface area contributed by atoms with E-state index in [0.29, 0.717) is 34.2 Å². The van der Waals surface area contributed by atoms with E-state index in [2.05, 4.69) is 12.2 Å². The number of hydrogen-bond donors (Lipinski definition) is 1. The highest BCUT2D eigenvalue weighted by atomic mass is 32.1. The van der Waals surface area contributed by atoms with E-state index in [9.17, 15) is 14.9 Å². The van der Waals surface area contributed by atoms with Gasteiger partial charge in [0.25, 0.3) is 5.91 Å². The molecule has 0 bridgehead atoms. The van der Waals surface area contributed by atoms with Gasteiger partial charge in [-0.05, 0) is 61.4 Å². The number of unbranched alkanes of at least 4 members (excludes halogenated alkanes) is 1. The van der Waals surface area contributed by atoms with Crippen LogP contribution in [0.4, 0.5) is 5.00 Å². The van der Waals surface area contributed by atoms with E-state index in [4.69, 9.17) is 14.2 Å². The zero-order valence-electron chi connectivity index (χ0n) is 19.2. The molecule has 0 fully saturated rings. The van der Waals surface area contributed by atoms with E-state index in [1.807, 2.05) is 6.07 Å². The number of amides is 1. The van der Waals surface area contributed by atoms with Gasteiger partial charge in [-0.25, -0.2) is 4.79 Å². The van der Waals surface area contributed by atoms with Gasteiger partial charge in [0.1, 0.15) is 16.6 Å². The number of ether oxygens (including phenoxy) is 3. The summed E-state index contributed by atoms with van der Waals surface area (Å²) in [5.41, 5.74) is 1.90. The number of methoxy groups -OCH3 is 2. The third kappa shape index (κ3) is 5.74. The van der Waals surface area contributed by atoms with Gasteiger partial charge in [-0.1, -0.05) is 19.4 Å². The molecule has 0 spiro atoms. The predicted molar refractivity (Wildman–Crippen MR) is 128 cm³/mol. The fourth-order valence-electron chi connectivity index (χ4n) is 3.68. The Morgan fingerprint density at radius 2 is 2.00 bits per heavy atom. The van der Waals surface area contributed by atoms with Crippen LogP contribution in [0.5, 0.6) is 11.5 Å². The lowest BCUT2D eigenvalue weighted by atomic mass is 9.95. The molecule has 174 valence electrons. The highest BCUT2D eigenvalue weighted by Gasteiger charge is 2.27. The number of nitrogens with one attached hydrogen (secondary N) is 1. The summed E-state index contributed by atoms with van der Waals surface area (Å²) >= 11 is 1.38. The van der Waals surface area contributed by atoms with E-state index in [1.165, 1.54) is 24.5 Å². The number of anilines is 1. The molecule has 0 radical (unpaired) electrons. The SMILES string of the molecule is CCCCOc1cc(/C=C(\C#N)C(=O)Nc2sc3c(c2C(=O)OC)CCCC3)ccc1OC. The van der Waals surface area contributed by atoms with E-state index in [0.717, 1.165) is 49.0 Å². The molecule has 8 heteroatoms. The summed E-state index contributed by atoms with van der Waals surface area (Å²) in [6.45, 7) is 2.62. The highest BCUT2D eigenvalue weighted by molar-refractivity contribution is 7.17. The quantitative estimate of drug-likeness (QED) is 0.237. The number of hydrogen-bond acceptors (Lipinski definition) is 7. The van der Waals surface area contributed by atoms with E-state index in [-0.39, 0.29) is 5.57 Å². The van der Waals surface area contributed by atoms with Crippen molar-refractivity contribution in [3.63, 3.8) is 0 Å². The number of carbonyl (C=O) groups is 2. The van der Waals surface area contributed by atoms with Crippen LogP contribution >= 0.6 is 11.3 Å². The van der Waals surface area contributed by atoms with Crippen molar-refractivity contribution < 1.29 is 23.8 Å². The maximum Gasteiger partial charge on any atom is 0.341 e. The van der Waals surface area contributed by atoms with Gasteiger partial charge >= 0.3 is 5.97 Å². The van der Waals surface area contributed by atoms with Crippen LogP contribution in [0.1, 0.15) is 59.0 Å². The second-order valence-electron chi connectivity index (χ2n) is 7.64. The number of rotatable bonds is 9. The summed E-state index contributed by atoms with van der Waals surface area (Å²) in [7, 11) is 2.89. The molecule has 3 rings (SSSR count). The van der Waals surface area contributed by atoms with Gasteiger partial charge in [-0.2, -0.15) is 5.26 Å². The third-order valence-electron chi connectivity index (χ3n) is 5.41.